The van der Waals surface area contributed by atoms with Crippen molar-refractivity contribution in [2.75, 3.05) is 38.1 Å². The number of aryl methyl sites for hydroxylation is 2. The number of pyridine rings is 1. The molecule has 0 unspecified atom stereocenters. The third-order valence-corrected chi connectivity index (χ3v) is 4.46. The molecule has 1 saturated heterocycles. The summed E-state index contributed by atoms with van der Waals surface area (Å²) in [6, 6.07) is 4.37. The minimum Gasteiger partial charge on any atom is -0.357 e. The Balaban J connectivity index is 1.73. The second kappa shape index (κ2) is 5.80. The van der Waals surface area contributed by atoms with Crippen LogP contribution in [-0.2, 0) is 12.8 Å². The molecule has 1 aromatic rings. The average Bonchev–Trinajstić information content (AvgIpc) is 3.13. The van der Waals surface area contributed by atoms with Crippen LogP contribution in [0.2, 0.25) is 0 Å². The monoisotopic (exact) mass is 270 g/mol. The van der Waals surface area contributed by atoms with Crippen LogP contribution in [-0.4, -0.2) is 43.1 Å². The molecule has 3 rings (SSSR count). The molecular formula is C16H22N4. The summed E-state index contributed by atoms with van der Waals surface area (Å²) in [7, 11) is 2.06. The molecule has 0 spiro atoms. The van der Waals surface area contributed by atoms with E-state index in [0.29, 0.717) is 0 Å². The number of nitrogens with zero attached hydrogens (tertiary/aromatic N) is 4. The molecule has 1 fully saturated rings. The third kappa shape index (κ3) is 2.64. The maximum atomic E-state index is 9.35. The molecule has 0 amide bonds. The van der Waals surface area contributed by atoms with E-state index in [1.807, 2.05) is 0 Å². The maximum absolute atomic E-state index is 9.35. The van der Waals surface area contributed by atoms with Gasteiger partial charge in [-0.05, 0) is 56.8 Å². The highest BCUT2D eigenvalue weighted by Crippen LogP contribution is 2.26. The fourth-order valence-corrected chi connectivity index (χ4v) is 3.24. The molecular weight excluding hydrogens is 248 g/mol. The zero-order valence-corrected chi connectivity index (χ0v) is 12.2. The first-order valence-electron chi connectivity index (χ1n) is 7.64. The van der Waals surface area contributed by atoms with E-state index in [0.717, 1.165) is 37.3 Å². The van der Waals surface area contributed by atoms with Crippen molar-refractivity contribution in [1.29, 1.82) is 5.26 Å². The number of hydrogen-bond donors (Lipinski definition) is 0. The van der Waals surface area contributed by atoms with Crippen molar-refractivity contribution < 1.29 is 0 Å². The first-order chi connectivity index (χ1) is 9.78. The number of hydrogen-bond acceptors (Lipinski definition) is 4. The Bertz CT molecular complexity index is 526. The van der Waals surface area contributed by atoms with Gasteiger partial charge in [-0.3, -0.25) is 0 Å². The number of likely N-dealkylation sites (N-methyl/N-ethyl adjacent to an activating group) is 1. The molecule has 1 aliphatic carbocycles. The predicted molar refractivity (Wildman–Crippen MR) is 79.9 cm³/mol. The smallest absolute Gasteiger partial charge is 0.146 e. The highest BCUT2D eigenvalue weighted by molar-refractivity contribution is 5.56. The molecule has 4 heteroatoms. The minimum absolute atomic E-state index is 0.731. The first-order valence-corrected chi connectivity index (χ1v) is 7.64. The fraction of sp³-hybridized carbons (Fsp3) is 0.625. The molecule has 0 aromatic carbocycles. The molecule has 106 valence electrons. The Morgan fingerprint density at radius 2 is 2.10 bits per heavy atom. The summed E-state index contributed by atoms with van der Waals surface area (Å²) in [5, 5.41) is 9.35. The summed E-state index contributed by atoms with van der Waals surface area (Å²) < 4.78 is 0. The van der Waals surface area contributed by atoms with E-state index in [4.69, 9.17) is 4.98 Å². The van der Waals surface area contributed by atoms with Gasteiger partial charge in [0.25, 0.3) is 0 Å². The number of rotatable bonds is 4. The zero-order chi connectivity index (χ0) is 13.9. The molecule has 4 nitrogen and oxygen atoms in total. The highest BCUT2D eigenvalue weighted by atomic mass is 15.2. The zero-order valence-electron chi connectivity index (χ0n) is 12.2. The lowest BCUT2D eigenvalue weighted by molar-refractivity contribution is 0.346. The van der Waals surface area contributed by atoms with Gasteiger partial charge in [-0.1, -0.05) is 0 Å². The van der Waals surface area contributed by atoms with Crippen LogP contribution in [0.1, 0.15) is 36.1 Å². The summed E-state index contributed by atoms with van der Waals surface area (Å²) in [6.45, 7) is 4.45. The van der Waals surface area contributed by atoms with Gasteiger partial charge >= 0.3 is 0 Å². The largest absolute Gasteiger partial charge is 0.357 e. The lowest BCUT2D eigenvalue weighted by atomic mass is 10.1. The van der Waals surface area contributed by atoms with Gasteiger partial charge in [0.2, 0.25) is 0 Å². The van der Waals surface area contributed by atoms with Gasteiger partial charge in [-0.2, -0.15) is 5.26 Å². The second-order valence-corrected chi connectivity index (χ2v) is 5.90. The van der Waals surface area contributed by atoms with E-state index in [-0.39, 0.29) is 0 Å². The normalized spacial score (nSPS) is 18.0. The van der Waals surface area contributed by atoms with Crippen LogP contribution < -0.4 is 4.90 Å². The highest BCUT2D eigenvalue weighted by Gasteiger charge is 2.19. The van der Waals surface area contributed by atoms with E-state index in [9.17, 15) is 5.26 Å². The Labute approximate surface area is 121 Å². The van der Waals surface area contributed by atoms with Gasteiger partial charge in [-0.25, -0.2) is 4.98 Å². The molecule has 0 bridgehead atoms. The Hall–Kier alpha value is -1.60. The van der Waals surface area contributed by atoms with Crippen molar-refractivity contribution in [2.45, 2.75) is 32.1 Å². The van der Waals surface area contributed by atoms with Gasteiger partial charge in [-0.15, -0.1) is 0 Å². The van der Waals surface area contributed by atoms with Crippen molar-refractivity contribution in [2.24, 2.45) is 0 Å². The van der Waals surface area contributed by atoms with Gasteiger partial charge in [0, 0.05) is 25.8 Å². The third-order valence-electron chi connectivity index (χ3n) is 4.46. The molecule has 1 aliphatic heterocycles. The van der Waals surface area contributed by atoms with E-state index < -0.39 is 0 Å². The molecule has 0 atom stereocenters. The first kappa shape index (κ1) is 13.4. The van der Waals surface area contributed by atoms with Crippen molar-refractivity contribution in [3.63, 3.8) is 0 Å². The van der Waals surface area contributed by atoms with E-state index in [1.165, 1.54) is 43.6 Å². The summed E-state index contributed by atoms with van der Waals surface area (Å²) in [6.07, 6.45) is 5.96. The lowest BCUT2D eigenvalue weighted by Gasteiger charge is -2.23. The van der Waals surface area contributed by atoms with Gasteiger partial charge in [0.15, 0.2) is 0 Å². The minimum atomic E-state index is 0.731. The summed E-state index contributed by atoms with van der Waals surface area (Å²) >= 11 is 0. The number of aromatic nitrogens is 1. The average molecular weight is 270 g/mol. The summed E-state index contributed by atoms with van der Waals surface area (Å²) in [5.74, 6) is 0.868. The topological polar surface area (TPSA) is 43.2 Å². The molecule has 2 aliphatic rings. The van der Waals surface area contributed by atoms with Crippen LogP contribution >= 0.6 is 0 Å². The van der Waals surface area contributed by atoms with Crippen LogP contribution in [0, 0.1) is 11.3 Å². The molecule has 0 N–H and O–H groups in total. The van der Waals surface area contributed by atoms with Crippen LogP contribution in [0.3, 0.4) is 0 Å². The number of likely N-dealkylation sites (tertiary alicyclic amines) is 1. The lowest BCUT2D eigenvalue weighted by Crippen LogP contribution is -2.32. The van der Waals surface area contributed by atoms with Gasteiger partial charge < -0.3 is 9.80 Å². The van der Waals surface area contributed by atoms with Crippen LogP contribution in [0.5, 0.6) is 0 Å². The molecule has 1 aromatic heterocycles. The van der Waals surface area contributed by atoms with E-state index >= 15 is 0 Å². The van der Waals surface area contributed by atoms with Crippen molar-refractivity contribution in [3.05, 3.63) is 22.9 Å². The van der Waals surface area contributed by atoms with Crippen molar-refractivity contribution >= 4 is 5.82 Å². The Kier molecular flexibility index (Phi) is 3.88. The second-order valence-electron chi connectivity index (χ2n) is 5.90. The van der Waals surface area contributed by atoms with E-state index in [1.54, 1.807) is 0 Å². The Morgan fingerprint density at radius 3 is 2.85 bits per heavy atom. The standard InChI is InChI=1S/C16H22N4/c1-19(9-10-20-7-2-3-8-20)16-14(12-17)11-13-5-4-6-15(13)18-16/h11H,2-10H2,1H3. The molecule has 2 heterocycles. The summed E-state index contributed by atoms with van der Waals surface area (Å²) in [4.78, 5) is 9.40. The molecule has 20 heavy (non-hydrogen) atoms. The van der Waals surface area contributed by atoms with Crippen molar-refractivity contribution in [3.8, 4) is 6.07 Å². The quantitative estimate of drug-likeness (QED) is 0.839. The van der Waals surface area contributed by atoms with Crippen LogP contribution in [0.15, 0.2) is 6.07 Å². The van der Waals surface area contributed by atoms with Crippen LogP contribution in [0.25, 0.3) is 0 Å². The summed E-state index contributed by atoms with van der Waals surface area (Å²) in [5.41, 5.74) is 3.21. The Morgan fingerprint density at radius 1 is 1.30 bits per heavy atom. The number of anilines is 1. The SMILES string of the molecule is CN(CCN1CCCC1)c1nc2c(cc1C#N)CCC2. The predicted octanol–water partition coefficient (Wildman–Crippen LogP) is 1.97. The maximum Gasteiger partial charge on any atom is 0.146 e. The fourth-order valence-electron chi connectivity index (χ4n) is 3.24. The number of fused-ring (bicyclic) bond motifs is 1. The molecule has 0 saturated carbocycles. The van der Waals surface area contributed by atoms with Crippen molar-refractivity contribution in [1.82, 2.24) is 9.88 Å². The van der Waals surface area contributed by atoms with Gasteiger partial charge in [0.05, 0.1) is 5.56 Å². The van der Waals surface area contributed by atoms with Crippen LogP contribution in [0.4, 0.5) is 5.82 Å². The van der Waals surface area contributed by atoms with Gasteiger partial charge in [0.1, 0.15) is 11.9 Å². The number of nitriles is 1. The molecule has 0 radical (unpaired) electrons. The van der Waals surface area contributed by atoms with E-state index in [2.05, 4.69) is 29.0 Å².